The Morgan fingerprint density at radius 3 is 2.63 bits per heavy atom. The first-order chi connectivity index (χ1) is 9.16. The molecule has 1 saturated heterocycles. The molecule has 1 heterocycles. The van der Waals surface area contributed by atoms with Gasteiger partial charge in [0.25, 0.3) is 0 Å². The van der Waals surface area contributed by atoms with E-state index in [2.05, 4.69) is 49.2 Å². The Kier molecular flexibility index (Phi) is 5.23. The number of nitrogens with zero attached hydrogens (tertiary/aromatic N) is 1. The molecule has 1 aromatic carbocycles. The summed E-state index contributed by atoms with van der Waals surface area (Å²) in [5.41, 5.74) is 4.10. The molecule has 0 aliphatic carbocycles. The van der Waals surface area contributed by atoms with Gasteiger partial charge in [0.1, 0.15) is 0 Å². The number of rotatable bonds is 5. The molecule has 0 spiro atoms. The molecule has 3 nitrogen and oxygen atoms in total. The summed E-state index contributed by atoms with van der Waals surface area (Å²) in [4.78, 5) is 2.40. The van der Waals surface area contributed by atoms with Gasteiger partial charge in [0.15, 0.2) is 0 Å². The van der Waals surface area contributed by atoms with Crippen LogP contribution in [0.4, 0.5) is 5.69 Å². The van der Waals surface area contributed by atoms with Gasteiger partial charge in [0.05, 0.1) is 13.2 Å². The van der Waals surface area contributed by atoms with Gasteiger partial charge in [-0.1, -0.05) is 19.9 Å². The predicted molar refractivity (Wildman–Crippen MR) is 80.8 cm³/mol. The van der Waals surface area contributed by atoms with Crippen LogP contribution in [0.2, 0.25) is 0 Å². The Hall–Kier alpha value is -1.06. The SMILES string of the molecule is Cc1cc(N2CCOCC2)ccc1CNCC(C)C. The van der Waals surface area contributed by atoms with E-state index in [0.717, 1.165) is 39.4 Å². The molecule has 3 heteroatoms. The van der Waals surface area contributed by atoms with Gasteiger partial charge < -0.3 is 15.0 Å². The predicted octanol–water partition coefficient (Wildman–Crippen LogP) is 2.58. The van der Waals surface area contributed by atoms with E-state index in [9.17, 15) is 0 Å². The van der Waals surface area contributed by atoms with E-state index in [-0.39, 0.29) is 0 Å². The molecule has 1 aromatic rings. The Labute approximate surface area is 116 Å². The summed E-state index contributed by atoms with van der Waals surface area (Å²) in [6.07, 6.45) is 0. The summed E-state index contributed by atoms with van der Waals surface area (Å²) < 4.78 is 5.40. The molecule has 0 aromatic heterocycles. The van der Waals surface area contributed by atoms with Crippen molar-refractivity contribution in [1.29, 1.82) is 0 Å². The second kappa shape index (κ2) is 6.92. The zero-order valence-corrected chi connectivity index (χ0v) is 12.4. The van der Waals surface area contributed by atoms with Gasteiger partial charge in [0.2, 0.25) is 0 Å². The van der Waals surface area contributed by atoms with Crippen LogP contribution in [-0.2, 0) is 11.3 Å². The van der Waals surface area contributed by atoms with Gasteiger partial charge in [0, 0.05) is 25.3 Å². The van der Waals surface area contributed by atoms with Crippen LogP contribution in [-0.4, -0.2) is 32.8 Å². The molecular formula is C16H26N2O. The number of aryl methyl sites for hydroxylation is 1. The summed E-state index contributed by atoms with van der Waals surface area (Å²) in [5.74, 6) is 0.702. The van der Waals surface area contributed by atoms with Gasteiger partial charge in [-0.15, -0.1) is 0 Å². The van der Waals surface area contributed by atoms with Crippen molar-refractivity contribution in [2.45, 2.75) is 27.3 Å². The zero-order valence-electron chi connectivity index (χ0n) is 12.4. The smallest absolute Gasteiger partial charge is 0.0642 e. The molecular weight excluding hydrogens is 236 g/mol. The topological polar surface area (TPSA) is 24.5 Å². The standard InChI is InChI=1S/C16H26N2O/c1-13(2)11-17-12-15-4-5-16(10-14(15)3)18-6-8-19-9-7-18/h4-5,10,13,17H,6-9,11-12H2,1-3H3. The second-order valence-electron chi connectivity index (χ2n) is 5.73. The number of nitrogens with one attached hydrogen (secondary N) is 1. The third-order valence-corrected chi connectivity index (χ3v) is 3.57. The lowest BCUT2D eigenvalue weighted by atomic mass is 10.1. The molecule has 106 valence electrons. The Balaban J connectivity index is 1.96. The molecule has 0 atom stereocenters. The van der Waals surface area contributed by atoms with E-state index < -0.39 is 0 Å². The molecule has 0 amide bonds. The lowest BCUT2D eigenvalue weighted by Gasteiger charge is -2.29. The van der Waals surface area contributed by atoms with Crippen LogP contribution in [0.15, 0.2) is 18.2 Å². The Morgan fingerprint density at radius 1 is 1.26 bits per heavy atom. The largest absolute Gasteiger partial charge is 0.378 e. The fraction of sp³-hybridized carbons (Fsp3) is 0.625. The van der Waals surface area contributed by atoms with Gasteiger partial charge in [-0.3, -0.25) is 0 Å². The number of benzene rings is 1. The van der Waals surface area contributed by atoms with Crippen LogP contribution >= 0.6 is 0 Å². The van der Waals surface area contributed by atoms with Crippen LogP contribution < -0.4 is 10.2 Å². The number of morpholine rings is 1. The average Bonchev–Trinajstić information content (AvgIpc) is 2.41. The Bertz CT molecular complexity index is 398. The van der Waals surface area contributed by atoms with Crippen molar-refractivity contribution in [3.05, 3.63) is 29.3 Å². The van der Waals surface area contributed by atoms with Crippen molar-refractivity contribution < 1.29 is 4.74 Å². The molecule has 2 rings (SSSR count). The molecule has 0 radical (unpaired) electrons. The third kappa shape index (κ3) is 4.22. The maximum atomic E-state index is 5.40. The summed E-state index contributed by atoms with van der Waals surface area (Å²) >= 11 is 0. The first kappa shape index (κ1) is 14.4. The normalized spacial score (nSPS) is 16.1. The van der Waals surface area contributed by atoms with E-state index >= 15 is 0 Å². The minimum atomic E-state index is 0.702. The number of hydrogen-bond donors (Lipinski definition) is 1. The number of anilines is 1. The maximum absolute atomic E-state index is 5.40. The lowest BCUT2D eigenvalue weighted by Crippen LogP contribution is -2.36. The summed E-state index contributed by atoms with van der Waals surface area (Å²) in [7, 11) is 0. The number of hydrogen-bond acceptors (Lipinski definition) is 3. The van der Waals surface area contributed by atoms with Gasteiger partial charge >= 0.3 is 0 Å². The zero-order chi connectivity index (χ0) is 13.7. The monoisotopic (exact) mass is 262 g/mol. The fourth-order valence-corrected chi connectivity index (χ4v) is 2.39. The lowest BCUT2D eigenvalue weighted by molar-refractivity contribution is 0.122. The van der Waals surface area contributed by atoms with Gasteiger partial charge in [-0.25, -0.2) is 0 Å². The molecule has 1 fully saturated rings. The molecule has 1 aliphatic heterocycles. The van der Waals surface area contributed by atoms with E-state index in [0.29, 0.717) is 5.92 Å². The molecule has 0 unspecified atom stereocenters. The maximum Gasteiger partial charge on any atom is 0.0642 e. The van der Waals surface area contributed by atoms with E-state index in [1.54, 1.807) is 0 Å². The highest BCUT2D eigenvalue weighted by Gasteiger charge is 2.11. The van der Waals surface area contributed by atoms with Crippen molar-refractivity contribution in [2.24, 2.45) is 5.92 Å². The summed E-state index contributed by atoms with van der Waals surface area (Å²) in [5, 5.41) is 3.51. The van der Waals surface area contributed by atoms with Crippen molar-refractivity contribution in [2.75, 3.05) is 37.7 Å². The second-order valence-corrected chi connectivity index (χ2v) is 5.73. The summed E-state index contributed by atoms with van der Waals surface area (Å²) in [6.45, 7) is 12.4. The van der Waals surface area contributed by atoms with Gasteiger partial charge in [-0.2, -0.15) is 0 Å². The molecule has 0 saturated carbocycles. The van der Waals surface area contributed by atoms with Crippen LogP contribution in [0.3, 0.4) is 0 Å². The minimum Gasteiger partial charge on any atom is -0.378 e. The molecule has 19 heavy (non-hydrogen) atoms. The van der Waals surface area contributed by atoms with Crippen molar-refractivity contribution in [3.8, 4) is 0 Å². The van der Waals surface area contributed by atoms with Gasteiger partial charge in [-0.05, 0) is 42.6 Å². The van der Waals surface area contributed by atoms with Crippen LogP contribution in [0.1, 0.15) is 25.0 Å². The van der Waals surface area contributed by atoms with Crippen LogP contribution in [0, 0.1) is 12.8 Å². The van der Waals surface area contributed by atoms with Crippen LogP contribution in [0.25, 0.3) is 0 Å². The molecule has 1 N–H and O–H groups in total. The Morgan fingerprint density at radius 2 is 2.00 bits per heavy atom. The number of ether oxygens (including phenoxy) is 1. The summed E-state index contributed by atoms with van der Waals surface area (Å²) in [6, 6.07) is 6.80. The fourth-order valence-electron chi connectivity index (χ4n) is 2.39. The van der Waals surface area contributed by atoms with Crippen molar-refractivity contribution >= 4 is 5.69 Å². The highest BCUT2D eigenvalue weighted by molar-refractivity contribution is 5.51. The average molecular weight is 262 g/mol. The van der Waals surface area contributed by atoms with E-state index in [1.165, 1.54) is 16.8 Å². The van der Waals surface area contributed by atoms with Crippen molar-refractivity contribution in [3.63, 3.8) is 0 Å². The molecule has 1 aliphatic rings. The van der Waals surface area contributed by atoms with E-state index in [4.69, 9.17) is 4.74 Å². The van der Waals surface area contributed by atoms with Crippen molar-refractivity contribution in [1.82, 2.24) is 5.32 Å². The van der Waals surface area contributed by atoms with E-state index in [1.807, 2.05) is 0 Å². The van der Waals surface area contributed by atoms with Crippen LogP contribution in [0.5, 0.6) is 0 Å². The first-order valence-corrected chi connectivity index (χ1v) is 7.30. The highest BCUT2D eigenvalue weighted by atomic mass is 16.5. The quantitative estimate of drug-likeness (QED) is 0.882. The minimum absolute atomic E-state index is 0.702. The first-order valence-electron chi connectivity index (χ1n) is 7.30. The third-order valence-electron chi connectivity index (χ3n) is 3.57. The highest BCUT2D eigenvalue weighted by Crippen LogP contribution is 2.20. The molecule has 0 bridgehead atoms.